The summed E-state index contributed by atoms with van der Waals surface area (Å²) in [6.45, 7) is 1.78. The molecule has 200 valence electrons. The number of aromatic nitrogens is 1. The van der Waals surface area contributed by atoms with E-state index in [9.17, 15) is 18.0 Å². The van der Waals surface area contributed by atoms with Gasteiger partial charge in [0.15, 0.2) is 5.78 Å². The number of hydrogen-bond acceptors (Lipinski definition) is 4. The van der Waals surface area contributed by atoms with Crippen LogP contribution in [0, 0.1) is 5.92 Å². The number of carbonyl (C=O) groups excluding carboxylic acids is 2. The summed E-state index contributed by atoms with van der Waals surface area (Å²) in [7, 11) is -1.67. The van der Waals surface area contributed by atoms with Crippen molar-refractivity contribution >= 4 is 55.8 Å². The van der Waals surface area contributed by atoms with E-state index < -0.39 is 15.9 Å². The molecule has 6 nitrogen and oxygen atoms in total. The Balaban J connectivity index is 1.67. The van der Waals surface area contributed by atoms with Gasteiger partial charge < -0.3 is 4.57 Å². The monoisotopic (exact) mass is 564 g/mol. The number of amides is 1. The summed E-state index contributed by atoms with van der Waals surface area (Å²) in [4.78, 5) is 25.5. The molecular weight excluding hydrogens is 531 g/mol. The minimum Gasteiger partial charge on any atom is -0.347 e. The maximum Gasteiger partial charge on any atom is 0.233 e. The molecule has 0 bridgehead atoms. The van der Waals surface area contributed by atoms with Crippen molar-refractivity contribution < 1.29 is 18.0 Å². The number of nitrogens with one attached hydrogen (secondary N) is 1. The Morgan fingerprint density at radius 1 is 0.946 bits per heavy atom. The van der Waals surface area contributed by atoms with Gasteiger partial charge in [-0.1, -0.05) is 55.1 Å². The van der Waals surface area contributed by atoms with Gasteiger partial charge in [0.05, 0.1) is 6.26 Å². The van der Waals surface area contributed by atoms with Crippen LogP contribution in [0.5, 0.6) is 0 Å². The highest BCUT2D eigenvalue weighted by Crippen LogP contribution is 2.31. The Hall–Kier alpha value is -2.35. The largest absolute Gasteiger partial charge is 0.347 e. The Labute approximate surface area is 229 Å². The van der Waals surface area contributed by atoms with Crippen LogP contribution in [0.1, 0.15) is 67.1 Å². The number of rotatable bonds is 13. The van der Waals surface area contributed by atoms with Crippen LogP contribution in [0.3, 0.4) is 0 Å². The fourth-order valence-corrected chi connectivity index (χ4v) is 5.68. The lowest BCUT2D eigenvalue weighted by Gasteiger charge is -2.12. The van der Waals surface area contributed by atoms with Gasteiger partial charge in [0.2, 0.25) is 15.9 Å². The van der Waals surface area contributed by atoms with Crippen LogP contribution in [0.25, 0.3) is 10.9 Å². The number of unbranched alkanes of at least 4 members (excludes halogenated alkanes) is 3. The maximum absolute atomic E-state index is 13.5. The van der Waals surface area contributed by atoms with Crippen molar-refractivity contribution in [1.29, 1.82) is 0 Å². The molecule has 3 aromatic rings. The third kappa shape index (κ3) is 8.59. The number of Topliss-reactive ketones (excluding diaryl/α,β-unsaturated/α-hetero) is 1. The van der Waals surface area contributed by atoms with E-state index in [1.165, 1.54) is 5.56 Å². The third-order valence-corrected chi connectivity index (χ3v) is 7.52. The third-order valence-electron chi connectivity index (χ3n) is 6.45. The summed E-state index contributed by atoms with van der Waals surface area (Å²) in [6.07, 6.45) is 6.90. The second-order valence-electron chi connectivity index (χ2n) is 9.82. The second-order valence-corrected chi connectivity index (χ2v) is 12.4. The minimum atomic E-state index is -3.63. The molecule has 0 aliphatic carbocycles. The Bertz CT molecular complexity index is 1380. The summed E-state index contributed by atoms with van der Waals surface area (Å²) in [5, 5.41) is 2.12. The average Bonchev–Trinajstić information content (AvgIpc) is 3.05. The molecule has 0 fully saturated rings. The Morgan fingerprint density at radius 3 is 2.30 bits per heavy atom. The van der Waals surface area contributed by atoms with E-state index in [0.29, 0.717) is 10.6 Å². The van der Waals surface area contributed by atoms with Gasteiger partial charge in [0.25, 0.3) is 0 Å². The van der Waals surface area contributed by atoms with Crippen LogP contribution >= 0.6 is 23.2 Å². The van der Waals surface area contributed by atoms with Crippen LogP contribution in [0.4, 0.5) is 0 Å². The van der Waals surface area contributed by atoms with Crippen molar-refractivity contribution in [3.63, 3.8) is 0 Å². The highest BCUT2D eigenvalue weighted by molar-refractivity contribution is 7.89. The molecule has 1 aromatic heterocycles. The molecule has 0 spiro atoms. The molecule has 2 aromatic carbocycles. The van der Waals surface area contributed by atoms with E-state index in [4.69, 9.17) is 23.2 Å². The molecule has 1 N–H and O–H groups in total. The number of ketones is 1. The van der Waals surface area contributed by atoms with Gasteiger partial charge in [-0.05, 0) is 67.5 Å². The predicted molar refractivity (Wildman–Crippen MR) is 151 cm³/mol. The van der Waals surface area contributed by atoms with Crippen molar-refractivity contribution in [2.24, 2.45) is 13.0 Å². The first-order valence-corrected chi connectivity index (χ1v) is 15.1. The number of aryl methyl sites for hydroxylation is 2. The number of nitrogens with zero attached hydrogens (tertiary/aromatic N) is 1. The quantitative estimate of drug-likeness (QED) is 0.189. The fraction of sp³-hybridized carbons (Fsp3) is 0.429. The van der Waals surface area contributed by atoms with Crippen molar-refractivity contribution in [2.45, 2.75) is 58.3 Å². The van der Waals surface area contributed by atoms with Gasteiger partial charge in [0.1, 0.15) is 0 Å². The van der Waals surface area contributed by atoms with Gasteiger partial charge in [-0.15, -0.1) is 0 Å². The van der Waals surface area contributed by atoms with Gasteiger partial charge >= 0.3 is 0 Å². The molecule has 0 saturated carbocycles. The first-order valence-electron chi connectivity index (χ1n) is 12.5. The van der Waals surface area contributed by atoms with E-state index in [-0.39, 0.29) is 24.5 Å². The maximum atomic E-state index is 13.5. The molecule has 37 heavy (non-hydrogen) atoms. The van der Waals surface area contributed by atoms with Gasteiger partial charge in [0, 0.05) is 52.1 Å². The topological polar surface area (TPSA) is 85.2 Å². The molecule has 1 heterocycles. The fourth-order valence-electron chi connectivity index (χ4n) is 4.80. The van der Waals surface area contributed by atoms with Crippen molar-refractivity contribution in [2.75, 3.05) is 6.26 Å². The van der Waals surface area contributed by atoms with E-state index in [1.54, 1.807) is 6.92 Å². The summed E-state index contributed by atoms with van der Waals surface area (Å²) >= 11 is 12.3. The lowest BCUT2D eigenvalue weighted by molar-refractivity contribution is -0.120. The number of hydrogen-bond donors (Lipinski definition) is 1. The number of sulfonamides is 1. The Morgan fingerprint density at radius 2 is 1.62 bits per heavy atom. The normalized spacial score (nSPS) is 12.6. The lowest BCUT2D eigenvalue weighted by Crippen LogP contribution is -2.30. The molecule has 0 aliphatic heterocycles. The van der Waals surface area contributed by atoms with Crippen molar-refractivity contribution in [1.82, 2.24) is 9.29 Å². The van der Waals surface area contributed by atoms with Crippen LogP contribution < -0.4 is 4.72 Å². The first-order chi connectivity index (χ1) is 17.4. The summed E-state index contributed by atoms with van der Waals surface area (Å²) in [5.74, 6) is -0.992. The molecule has 3 rings (SSSR count). The van der Waals surface area contributed by atoms with E-state index >= 15 is 0 Å². The smallest absolute Gasteiger partial charge is 0.233 e. The van der Waals surface area contributed by atoms with E-state index in [0.717, 1.165) is 66.4 Å². The van der Waals surface area contributed by atoms with Crippen LogP contribution in [-0.4, -0.2) is 30.9 Å². The average molecular weight is 566 g/mol. The highest BCUT2D eigenvalue weighted by Gasteiger charge is 2.24. The summed E-state index contributed by atoms with van der Waals surface area (Å²) in [6, 6.07) is 13.5. The highest BCUT2D eigenvalue weighted by atomic mass is 35.5. The standard InChI is InChI=1S/C28H34Cl2N2O4S/c1-19(16-27(34)31-37(3,35)36)15-26(33)28-23-18-22(30)13-14-24(23)32(2)25(28)12-7-5-4-6-9-20-10-8-11-21(29)17-20/h8,10-11,13-14,17-19H,4-7,9,12,15-16H2,1-3H3,(H,31,34)/t19-/m0/s1. The van der Waals surface area contributed by atoms with Crippen LogP contribution in [0.2, 0.25) is 10.0 Å². The lowest BCUT2D eigenvalue weighted by atomic mass is 9.94. The van der Waals surface area contributed by atoms with E-state index in [1.807, 2.05) is 48.2 Å². The number of carbonyl (C=O) groups is 2. The van der Waals surface area contributed by atoms with Crippen LogP contribution in [-0.2, 0) is 34.7 Å². The zero-order valence-electron chi connectivity index (χ0n) is 21.5. The number of fused-ring (bicyclic) bond motifs is 1. The van der Waals surface area contributed by atoms with Crippen LogP contribution in [0.15, 0.2) is 42.5 Å². The number of benzene rings is 2. The second kappa shape index (κ2) is 12.9. The van der Waals surface area contributed by atoms with Gasteiger partial charge in [-0.2, -0.15) is 0 Å². The molecule has 1 atom stereocenters. The molecule has 0 radical (unpaired) electrons. The first kappa shape index (κ1) is 29.2. The predicted octanol–water partition coefficient (Wildman–Crippen LogP) is 6.51. The summed E-state index contributed by atoms with van der Waals surface area (Å²) in [5.41, 5.74) is 3.79. The number of halogens is 2. The molecular formula is C28H34Cl2N2O4S. The minimum absolute atomic E-state index is 0.0493. The van der Waals surface area contributed by atoms with E-state index in [2.05, 4.69) is 10.6 Å². The molecule has 0 saturated heterocycles. The van der Waals surface area contributed by atoms with Gasteiger partial charge in [-0.25, -0.2) is 8.42 Å². The Kier molecular flexibility index (Phi) is 10.2. The molecule has 0 unspecified atom stereocenters. The summed E-state index contributed by atoms with van der Waals surface area (Å²) < 4.78 is 26.7. The van der Waals surface area contributed by atoms with Crippen molar-refractivity contribution in [3.05, 3.63) is 69.3 Å². The molecule has 0 aliphatic rings. The molecule has 9 heteroatoms. The van der Waals surface area contributed by atoms with Gasteiger partial charge in [-0.3, -0.25) is 14.3 Å². The van der Waals surface area contributed by atoms with Crippen molar-refractivity contribution in [3.8, 4) is 0 Å². The zero-order valence-corrected chi connectivity index (χ0v) is 23.8. The SMILES string of the molecule is C[C@H](CC(=O)NS(C)(=O)=O)CC(=O)c1c(CCCCCCc2cccc(Cl)c2)n(C)c2ccc(Cl)cc12. The zero-order chi connectivity index (χ0) is 27.2. The molecule has 1 amide bonds.